The first-order valence-electron chi connectivity index (χ1n) is 5.49. The van der Waals surface area contributed by atoms with Crippen molar-refractivity contribution in [3.05, 3.63) is 29.8 Å². The zero-order chi connectivity index (χ0) is 11.1. The molecular formula is C13H18N2. The van der Waals surface area contributed by atoms with Crippen molar-refractivity contribution in [2.24, 2.45) is 0 Å². The minimum Gasteiger partial charge on any atom is -0.370 e. The predicted molar refractivity (Wildman–Crippen MR) is 63.7 cm³/mol. The first-order chi connectivity index (χ1) is 7.26. The Morgan fingerprint density at radius 1 is 1.47 bits per heavy atom. The summed E-state index contributed by atoms with van der Waals surface area (Å²) >= 11 is 0. The molecule has 1 aromatic rings. The molecule has 0 saturated carbocycles. The molecule has 15 heavy (non-hydrogen) atoms. The van der Waals surface area contributed by atoms with E-state index in [1.54, 1.807) is 0 Å². The van der Waals surface area contributed by atoms with E-state index in [0.29, 0.717) is 0 Å². The molecule has 0 aliphatic heterocycles. The van der Waals surface area contributed by atoms with E-state index in [1.165, 1.54) is 5.56 Å². The highest BCUT2D eigenvalue weighted by molar-refractivity contribution is 5.47. The summed E-state index contributed by atoms with van der Waals surface area (Å²) in [7, 11) is 0. The Morgan fingerprint density at radius 2 is 2.27 bits per heavy atom. The summed E-state index contributed by atoms with van der Waals surface area (Å²) in [6.45, 7) is 4.19. The number of nitriles is 1. The van der Waals surface area contributed by atoms with Crippen LogP contribution in [-0.2, 0) is 0 Å². The molecule has 0 spiro atoms. The Balaban J connectivity index is 2.55. The van der Waals surface area contributed by atoms with Gasteiger partial charge in [-0.15, -0.1) is 0 Å². The highest BCUT2D eigenvalue weighted by Gasteiger charge is 2.05. The molecule has 1 rings (SSSR count). The number of rotatable bonds is 5. The van der Waals surface area contributed by atoms with Crippen LogP contribution in [0.5, 0.6) is 0 Å². The van der Waals surface area contributed by atoms with E-state index in [-0.39, 0.29) is 6.04 Å². The summed E-state index contributed by atoms with van der Waals surface area (Å²) < 4.78 is 0. The molecule has 1 atom stereocenters. The van der Waals surface area contributed by atoms with Crippen LogP contribution in [0.15, 0.2) is 24.3 Å². The van der Waals surface area contributed by atoms with E-state index in [1.807, 2.05) is 12.1 Å². The third-order valence-corrected chi connectivity index (χ3v) is 2.36. The smallest absolute Gasteiger partial charge is 0.114 e. The Morgan fingerprint density at radius 3 is 2.87 bits per heavy atom. The minimum absolute atomic E-state index is 0.0632. The fourth-order valence-electron chi connectivity index (χ4n) is 1.51. The van der Waals surface area contributed by atoms with Crippen LogP contribution in [0.4, 0.5) is 5.69 Å². The van der Waals surface area contributed by atoms with Crippen LogP contribution in [0.25, 0.3) is 0 Å². The Kier molecular flexibility index (Phi) is 4.70. The number of benzene rings is 1. The molecule has 0 amide bonds. The summed E-state index contributed by atoms with van der Waals surface area (Å²) in [6, 6.07) is 10.4. The van der Waals surface area contributed by atoms with Crippen molar-refractivity contribution >= 4 is 5.69 Å². The van der Waals surface area contributed by atoms with Gasteiger partial charge in [0, 0.05) is 5.69 Å². The quantitative estimate of drug-likeness (QED) is 0.793. The van der Waals surface area contributed by atoms with Gasteiger partial charge in [-0.2, -0.15) is 5.26 Å². The van der Waals surface area contributed by atoms with Gasteiger partial charge in [0.1, 0.15) is 6.04 Å². The zero-order valence-electron chi connectivity index (χ0n) is 9.46. The molecule has 2 heteroatoms. The van der Waals surface area contributed by atoms with Gasteiger partial charge >= 0.3 is 0 Å². The molecular weight excluding hydrogens is 184 g/mol. The van der Waals surface area contributed by atoms with Crippen molar-refractivity contribution in [1.82, 2.24) is 0 Å². The largest absolute Gasteiger partial charge is 0.370 e. The zero-order valence-corrected chi connectivity index (χ0v) is 9.46. The number of unbranched alkanes of at least 4 members (excludes halogenated alkanes) is 1. The number of nitrogens with one attached hydrogen (secondary N) is 1. The fraction of sp³-hybridized carbons (Fsp3) is 0.462. The van der Waals surface area contributed by atoms with Crippen molar-refractivity contribution in [3.8, 4) is 6.07 Å². The summed E-state index contributed by atoms with van der Waals surface area (Å²) in [5, 5.41) is 12.2. The molecule has 1 aromatic carbocycles. The van der Waals surface area contributed by atoms with E-state index in [0.717, 1.165) is 24.9 Å². The third kappa shape index (κ3) is 4.03. The van der Waals surface area contributed by atoms with Crippen molar-refractivity contribution in [1.29, 1.82) is 5.26 Å². The lowest BCUT2D eigenvalue weighted by Crippen LogP contribution is -2.16. The summed E-state index contributed by atoms with van der Waals surface area (Å²) in [4.78, 5) is 0. The average Bonchev–Trinajstić information content (AvgIpc) is 2.24. The fourth-order valence-corrected chi connectivity index (χ4v) is 1.51. The number of nitrogens with zero attached hydrogens (tertiary/aromatic N) is 1. The molecule has 0 aliphatic carbocycles. The molecule has 0 aromatic heterocycles. The maximum Gasteiger partial charge on any atom is 0.114 e. The summed E-state index contributed by atoms with van der Waals surface area (Å²) in [6.07, 6.45) is 3.14. The lowest BCUT2D eigenvalue weighted by atomic mass is 10.1. The van der Waals surface area contributed by atoms with Crippen LogP contribution in [0.1, 0.15) is 31.7 Å². The Hall–Kier alpha value is -1.49. The Labute approximate surface area is 91.9 Å². The van der Waals surface area contributed by atoms with E-state index < -0.39 is 0 Å². The van der Waals surface area contributed by atoms with Crippen molar-refractivity contribution in [2.45, 2.75) is 39.2 Å². The van der Waals surface area contributed by atoms with Gasteiger partial charge < -0.3 is 5.32 Å². The van der Waals surface area contributed by atoms with Gasteiger partial charge in [0.05, 0.1) is 6.07 Å². The van der Waals surface area contributed by atoms with Crippen molar-refractivity contribution in [3.63, 3.8) is 0 Å². The average molecular weight is 202 g/mol. The monoisotopic (exact) mass is 202 g/mol. The number of anilines is 1. The molecule has 0 heterocycles. The second kappa shape index (κ2) is 6.08. The number of hydrogen-bond donors (Lipinski definition) is 1. The number of hydrogen-bond acceptors (Lipinski definition) is 2. The maximum atomic E-state index is 8.97. The molecule has 2 nitrogen and oxygen atoms in total. The van der Waals surface area contributed by atoms with Gasteiger partial charge in [0.25, 0.3) is 0 Å². The SMILES string of the molecule is CCCCC(C#N)Nc1cccc(C)c1. The standard InChI is InChI=1S/C13H18N2/c1-3-4-7-13(10-14)15-12-8-5-6-11(2)9-12/h5-6,8-9,13,15H,3-4,7H2,1-2H3. The highest BCUT2D eigenvalue weighted by Crippen LogP contribution is 2.12. The number of aryl methyl sites for hydroxylation is 1. The predicted octanol–water partition coefficient (Wildman–Crippen LogP) is 3.49. The van der Waals surface area contributed by atoms with Crippen molar-refractivity contribution < 1.29 is 0 Å². The van der Waals surface area contributed by atoms with Gasteiger partial charge in [0.2, 0.25) is 0 Å². The highest BCUT2D eigenvalue weighted by atomic mass is 14.9. The van der Waals surface area contributed by atoms with Gasteiger partial charge in [-0.3, -0.25) is 0 Å². The van der Waals surface area contributed by atoms with Crippen LogP contribution >= 0.6 is 0 Å². The van der Waals surface area contributed by atoms with Crippen LogP contribution < -0.4 is 5.32 Å². The molecule has 1 unspecified atom stereocenters. The van der Waals surface area contributed by atoms with Crippen molar-refractivity contribution in [2.75, 3.05) is 5.32 Å². The van der Waals surface area contributed by atoms with Crippen LogP contribution in [0.2, 0.25) is 0 Å². The maximum absolute atomic E-state index is 8.97. The van der Waals surface area contributed by atoms with Gasteiger partial charge in [-0.1, -0.05) is 31.9 Å². The topological polar surface area (TPSA) is 35.8 Å². The van der Waals surface area contributed by atoms with E-state index >= 15 is 0 Å². The molecule has 0 bridgehead atoms. The second-order valence-corrected chi connectivity index (χ2v) is 3.84. The molecule has 0 radical (unpaired) electrons. The summed E-state index contributed by atoms with van der Waals surface area (Å²) in [5.41, 5.74) is 2.25. The van der Waals surface area contributed by atoms with Gasteiger partial charge in [0.15, 0.2) is 0 Å². The third-order valence-electron chi connectivity index (χ3n) is 2.36. The molecule has 0 saturated heterocycles. The van der Waals surface area contributed by atoms with Crippen LogP contribution in [0.3, 0.4) is 0 Å². The van der Waals surface area contributed by atoms with E-state index in [9.17, 15) is 0 Å². The summed E-state index contributed by atoms with van der Waals surface area (Å²) in [5.74, 6) is 0. The lowest BCUT2D eigenvalue weighted by molar-refractivity contribution is 0.687. The molecule has 0 aliphatic rings. The van der Waals surface area contributed by atoms with Gasteiger partial charge in [-0.25, -0.2) is 0 Å². The minimum atomic E-state index is -0.0632. The van der Waals surface area contributed by atoms with Gasteiger partial charge in [-0.05, 0) is 31.0 Å². The first kappa shape index (κ1) is 11.6. The van der Waals surface area contributed by atoms with E-state index in [4.69, 9.17) is 5.26 Å². The molecule has 1 N–H and O–H groups in total. The van der Waals surface area contributed by atoms with Crippen LogP contribution in [0, 0.1) is 18.3 Å². The van der Waals surface area contributed by atoms with Crippen LogP contribution in [-0.4, -0.2) is 6.04 Å². The molecule has 80 valence electrons. The van der Waals surface area contributed by atoms with E-state index in [2.05, 4.69) is 37.4 Å². The lowest BCUT2D eigenvalue weighted by Gasteiger charge is -2.12. The normalized spacial score (nSPS) is 11.8. The Bertz CT molecular complexity index is 339. The second-order valence-electron chi connectivity index (χ2n) is 3.84. The molecule has 0 fully saturated rings. The first-order valence-corrected chi connectivity index (χ1v) is 5.49.